The van der Waals surface area contributed by atoms with Crippen LogP contribution in [0.15, 0.2) is 56.5 Å². The van der Waals surface area contributed by atoms with Gasteiger partial charge in [-0.1, -0.05) is 31.9 Å². The first-order chi connectivity index (χ1) is 10.2. The molecule has 6 heteroatoms. The Hall–Kier alpha value is -1.84. The molecule has 4 nitrogen and oxygen atoms in total. The lowest BCUT2D eigenvalue weighted by Gasteiger charge is -2.06. The minimum absolute atomic E-state index is 0.00259. The van der Waals surface area contributed by atoms with Crippen LogP contribution in [-0.2, 0) is 0 Å². The van der Waals surface area contributed by atoms with Crippen molar-refractivity contribution in [2.45, 2.75) is 0 Å². The summed E-state index contributed by atoms with van der Waals surface area (Å²) < 4.78 is 7.28. The van der Waals surface area contributed by atoms with Crippen molar-refractivity contribution in [2.75, 3.05) is 12.0 Å². The van der Waals surface area contributed by atoms with Gasteiger partial charge < -0.3 is 4.74 Å². The van der Waals surface area contributed by atoms with Gasteiger partial charge >= 0.3 is 0 Å². The van der Waals surface area contributed by atoms with E-state index in [1.54, 1.807) is 12.3 Å². The van der Waals surface area contributed by atoms with Crippen molar-refractivity contribution >= 4 is 43.8 Å². The maximum Gasteiger partial charge on any atom is 0.174 e. The van der Waals surface area contributed by atoms with Crippen LogP contribution < -0.4 is 10.2 Å². The van der Waals surface area contributed by atoms with Crippen LogP contribution in [0.1, 0.15) is 5.56 Å². The molecule has 0 aliphatic carbocycles. The first-order valence-electron chi connectivity index (χ1n) is 6.03. The van der Waals surface area contributed by atoms with E-state index in [9.17, 15) is 0 Å². The molecule has 0 atom stereocenters. The summed E-state index contributed by atoms with van der Waals surface area (Å²) in [6.07, 6.45) is 1.65. The van der Waals surface area contributed by atoms with Crippen LogP contribution >= 0.6 is 31.9 Å². The Morgan fingerprint density at radius 1 is 1.14 bits per heavy atom. The van der Waals surface area contributed by atoms with Gasteiger partial charge in [0.1, 0.15) is 11.8 Å². The molecule has 0 fully saturated rings. The zero-order chi connectivity index (χ0) is 15.1. The molecule has 106 valence electrons. The highest BCUT2D eigenvalue weighted by molar-refractivity contribution is 9.10. The number of anilines is 1. The van der Waals surface area contributed by atoms with Crippen LogP contribution in [0.5, 0.6) is 5.75 Å². The Morgan fingerprint density at radius 3 is 2.57 bits per heavy atom. The largest absolute Gasteiger partial charge is 0.478 e. The van der Waals surface area contributed by atoms with Crippen molar-refractivity contribution in [3.8, 4) is 11.8 Å². The highest BCUT2D eigenvalue weighted by Crippen LogP contribution is 2.22. The Balaban J connectivity index is 2.10. The summed E-state index contributed by atoms with van der Waals surface area (Å²) in [6, 6.07) is 15.2. The first kappa shape index (κ1) is 15.5. The molecule has 0 unspecified atom stereocenters. The molecule has 0 aliphatic heterocycles. The quantitative estimate of drug-likeness (QED) is 0.582. The van der Waals surface area contributed by atoms with Gasteiger partial charge in [0.2, 0.25) is 0 Å². The van der Waals surface area contributed by atoms with Crippen molar-refractivity contribution in [1.82, 2.24) is 0 Å². The molecule has 1 N–H and O–H groups in total. The van der Waals surface area contributed by atoms with E-state index in [0.29, 0.717) is 5.75 Å². The number of rotatable bonds is 5. The zero-order valence-corrected chi connectivity index (χ0v) is 14.1. The summed E-state index contributed by atoms with van der Waals surface area (Å²) in [6.45, 7) is 0.00259. The van der Waals surface area contributed by atoms with Gasteiger partial charge in [-0.25, -0.2) is 0 Å². The highest BCUT2D eigenvalue weighted by atomic mass is 79.9. The van der Waals surface area contributed by atoms with Gasteiger partial charge in [0.15, 0.2) is 6.61 Å². The fourth-order valence-corrected chi connectivity index (χ4v) is 2.21. The molecule has 0 radical (unpaired) electrons. The number of nitriles is 1. The molecule has 2 rings (SSSR count). The third kappa shape index (κ3) is 4.88. The monoisotopic (exact) mass is 407 g/mol. The van der Waals surface area contributed by atoms with Crippen molar-refractivity contribution in [2.24, 2.45) is 5.10 Å². The molecule has 0 saturated heterocycles. The van der Waals surface area contributed by atoms with E-state index in [0.717, 1.165) is 20.2 Å². The van der Waals surface area contributed by atoms with E-state index in [2.05, 4.69) is 42.4 Å². The lowest BCUT2D eigenvalue weighted by atomic mass is 10.2. The van der Waals surface area contributed by atoms with E-state index in [-0.39, 0.29) is 6.61 Å². The predicted octanol–water partition coefficient (Wildman–Crippen LogP) is 4.56. The average Bonchev–Trinajstić information content (AvgIpc) is 2.48. The number of nitrogens with zero attached hydrogens (tertiary/aromatic N) is 2. The van der Waals surface area contributed by atoms with E-state index in [4.69, 9.17) is 10.00 Å². The number of hydrogen-bond donors (Lipinski definition) is 1. The second-order valence-electron chi connectivity index (χ2n) is 4.01. The van der Waals surface area contributed by atoms with Gasteiger partial charge in [-0.05, 0) is 42.5 Å². The predicted molar refractivity (Wildman–Crippen MR) is 90.6 cm³/mol. The molecular formula is C15H11Br2N3O. The van der Waals surface area contributed by atoms with E-state index in [1.807, 2.05) is 42.5 Å². The molecular weight excluding hydrogens is 398 g/mol. The Kier molecular flexibility index (Phi) is 5.78. The second-order valence-corrected chi connectivity index (χ2v) is 5.84. The Morgan fingerprint density at radius 2 is 1.86 bits per heavy atom. The summed E-state index contributed by atoms with van der Waals surface area (Å²) in [5.74, 6) is 0.612. The van der Waals surface area contributed by atoms with Gasteiger partial charge in [0.05, 0.1) is 11.9 Å². The molecule has 2 aromatic rings. The van der Waals surface area contributed by atoms with E-state index in [1.165, 1.54) is 0 Å². The van der Waals surface area contributed by atoms with Crippen LogP contribution in [0.2, 0.25) is 0 Å². The fourth-order valence-electron chi connectivity index (χ4n) is 1.56. The summed E-state index contributed by atoms with van der Waals surface area (Å²) >= 11 is 6.78. The van der Waals surface area contributed by atoms with Crippen LogP contribution in [0.3, 0.4) is 0 Å². The summed E-state index contributed by atoms with van der Waals surface area (Å²) in [5.41, 5.74) is 4.60. The summed E-state index contributed by atoms with van der Waals surface area (Å²) in [7, 11) is 0. The summed E-state index contributed by atoms with van der Waals surface area (Å²) in [5, 5.41) is 12.8. The standard InChI is InChI=1S/C15H11Br2N3O/c16-12-1-4-14(5-2-12)20-19-10-11-9-13(17)3-6-15(11)21-8-7-18/h1-6,9-10,20H,8H2. The number of benzene rings is 2. The number of ether oxygens (including phenoxy) is 1. The van der Waals surface area contributed by atoms with Gasteiger partial charge in [0, 0.05) is 14.5 Å². The second kappa shape index (κ2) is 7.81. The third-order valence-electron chi connectivity index (χ3n) is 2.51. The number of hydrogen-bond acceptors (Lipinski definition) is 4. The number of hydrazone groups is 1. The van der Waals surface area contributed by atoms with Crippen molar-refractivity contribution < 1.29 is 4.74 Å². The molecule has 2 aromatic carbocycles. The van der Waals surface area contributed by atoms with Gasteiger partial charge in [0.25, 0.3) is 0 Å². The lowest BCUT2D eigenvalue weighted by Crippen LogP contribution is -1.98. The SMILES string of the molecule is N#CCOc1ccc(Br)cc1C=NNc1ccc(Br)cc1. The highest BCUT2D eigenvalue weighted by Gasteiger charge is 2.02. The third-order valence-corrected chi connectivity index (χ3v) is 3.53. The molecule has 21 heavy (non-hydrogen) atoms. The minimum atomic E-state index is 0.00259. The molecule has 0 aromatic heterocycles. The van der Waals surface area contributed by atoms with Crippen molar-refractivity contribution in [3.05, 3.63) is 57.0 Å². The fraction of sp³-hybridized carbons (Fsp3) is 0.0667. The summed E-state index contributed by atoms with van der Waals surface area (Å²) in [4.78, 5) is 0. The molecule has 0 bridgehead atoms. The molecule has 0 spiro atoms. The number of nitrogens with one attached hydrogen (secondary N) is 1. The van der Waals surface area contributed by atoms with E-state index < -0.39 is 0 Å². The van der Waals surface area contributed by atoms with Crippen LogP contribution in [0.4, 0.5) is 5.69 Å². The average molecular weight is 409 g/mol. The van der Waals surface area contributed by atoms with Crippen molar-refractivity contribution in [1.29, 1.82) is 5.26 Å². The smallest absolute Gasteiger partial charge is 0.174 e. The topological polar surface area (TPSA) is 57.4 Å². The zero-order valence-electron chi connectivity index (χ0n) is 10.9. The van der Waals surface area contributed by atoms with Crippen LogP contribution in [0, 0.1) is 11.3 Å². The van der Waals surface area contributed by atoms with E-state index >= 15 is 0 Å². The normalized spacial score (nSPS) is 10.3. The molecule has 0 saturated carbocycles. The van der Waals surface area contributed by atoms with Crippen LogP contribution in [-0.4, -0.2) is 12.8 Å². The Labute approximate surface area is 139 Å². The molecule has 0 amide bonds. The van der Waals surface area contributed by atoms with Crippen molar-refractivity contribution in [3.63, 3.8) is 0 Å². The van der Waals surface area contributed by atoms with Gasteiger partial charge in [-0.15, -0.1) is 0 Å². The lowest BCUT2D eigenvalue weighted by molar-refractivity contribution is 0.367. The maximum absolute atomic E-state index is 8.59. The van der Waals surface area contributed by atoms with Crippen LogP contribution in [0.25, 0.3) is 0 Å². The van der Waals surface area contributed by atoms with Gasteiger partial charge in [-0.3, -0.25) is 5.43 Å². The Bertz CT molecular complexity index is 678. The minimum Gasteiger partial charge on any atom is -0.478 e. The van der Waals surface area contributed by atoms with Gasteiger partial charge in [-0.2, -0.15) is 10.4 Å². The first-order valence-corrected chi connectivity index (χ1v) is 7.61. The maximum atomic E-state index is 8.59. The number of halogens is 2. The molecule has 0 heterocycles. The molecule has 0 aliphatic rings.